The van der Waals surface area contributed by atoms with E-state index in [1.807, 2.05) is 24.3 Å². The SMILES string of the molecule is NS(=O)(=O)c1c(C[C@H]2CC[C@H](N)CC2)ccc(-c2ccc(C3CCNCC3)cc2)c1-c1nn[nH]n1. The fraction of sp³-hybridized carbons (Fsp3) is 0.480. The van der Waals surface area contributed by atoms with E-state index < -0.39 is 10.0 Å². The van der Waals surface area contributed by atoms with E-state index in [0.29, 0.717) is 29.4 Å². The molecule has 5 rings (SSSR count). The summed E-state index contributed by atoms with van der Waals surface area (Å²) in [5.41, 5.74) is 10.1. The van der Waals surface area contributed by atoms with Crippen LogP contribution in [0, 0.1) is 5.92 Å². The summed E-state index contributed by atoms with van der Waals surface area (Å²) >= 11 is 0. The van der Waals surface area contributed by atoms with Crippen molar-refractivity contribution in [2.75, 3.05) is 13.1 Å². The van der Waals surface area contributed by atoms with E-state index in [1.54, 1.807) is 0 Å². The third-order valence-electron chi connectivity index (χ3n) is 7.52. The van der Waals surface area contributed by atoms with Crippen molar-refractivity contribution in [1.29, 1.82) is 0 Å². The average Bonchev–Trinajstić information content (AvgIpc) is 3.40. The number of nitrogens with two attached hydrogens (primary N) is 2. The number of rotatable bonds is 6. The minimum atomic E-state index is -4.06. The van der Waals surface area contributed by atoms with Gasteiger partial charge in [-0.2, -0.15) is 5.21 Å². The zero-order valence-electron chi connectivity index (χ0n) is 19.8. The van der Waals surface area contributed by atoms with Crippen LogP contribution in [0.5, 0.6) is 0 Å². The molecule has 9 nitrogen and oxygen atoms in total. The van der Waals surface area contributed by atoms with E-state index in [9.17, 15) is 8.42 Å². The molecule has 10 heteroatoms. The van der Waals surface area contributed by atoms with E-state index in [1.165, 1.54) is 5.56 Å². The predicted molar refractivity (Wildman–Crippen MR) is 135 cm³/mol. The molecule has 2 heterocycles. The highest BCUT2D eigenvalue weighted by Gasteiger charge is 2.29. The van der Waals surface area contributed by atoms with Crippen molar-refractivity contribution in [2.24, 2.45) is 16.8 Å². The molecule has 35 heavy (non-hydrogen) atoms. The first-order chi connectivity index (χ1) is 16.9. The number of aromatic nitrogens is 4. The molecule has 186 valence electrons. The van der Waals surface area contributed by atoms with Gasteiger partial charge in [-0.1, -0.05) is 36.4 Å². The molecule has 0 bridgehead atoms. The Bertz CT molecular complexity index is 1250. The first kappa shape index (κ1) is 24.1. The van der Waals surface area contributed by atoms with Gasteiger partial charge in [0, 0.05) is 6.04 Å². The van der Waals surface area contributed by atoms with Gasteiger partial charge in [0.1, 0.15) is 0 Å². The van der Waals surface area contributed by atoms with Gasteiger partial charge in [-0.25, -0.2) is 13.6 Å². The summed E-state index contributed by atoms with van der Waals surface area (Å²) in [5.74, 6) is 1.12. The standard InChI is InChI=1S/C25H33N7O2S/c26-21-8-1-16(2-9-21)15-20-7-10-22(23(24(20)35(27,33)34)25-29-31-32-30-25)19-5-3-17(4-6-19)18-11-13-28-14-12-18/h3-7,10,16,18,21,28H,1-2,8-9,11-15,26H2,(H2,27,33,34)(H,29,30,31,32)/t16-,21-. The number of tetrazole rings is 1. The summed E-state index contributed by atoms with van der Waals surface area (Å²) < 4.78 is 25.9. The van der Waals surface area contributed by atoms with Crippen LogP contribution in [0.25, 0.3) is 22.5 Å². The van der Waals surface area contributed by atoms with Gasteiger partial charge in [-0.3, -0.25) is 0 Å². The van der Waals surface area contributed by atoms with Crippen molar-refractivity contribution in [3.8, 4) is 22.5 Å². The van der Waals surface area contributed by atoms with Crippen molar-refractivity contribution in [3.05, 3.63) is 47.5 Å². The molecule has 1 aromatic heterocycles. The lowest BCUT2D eigenvalue weighted by Gasteiger charge is -2.27. The third kappa shape index (κ3) is 5.30. The Morgan fingerprint density at radius 1 is 0.943 bits per heavy atom. The molecule has 2 aromatic carbocycles. The van der Waals surface area contributed by atoms with Gasteiger partial charge in [-0.15, -0.1) is 10.2 Å². The Balaban J connectivity index is 1.57. The second kappa shape index (κ2) is 10.1. The van der Waals surface area contributed by atoms with Crippen LogP contribution >= 0.6 is 0 Å². The van der Waals surface area contributed by atoms with Gasteiger partial charge < -0.3 is 11.1 Å². The lowest BCUT2D eigenvalue weighted by atomic mass is 9.82. The van der Waals surface area contributed by atoms with Gasteiger partial charge in [0.05, 0.1) is 10.5 Å². The second-order valence-electron chi connectivity index (χ2n) is 9.89. The van der Waals surface area contributed by atoms with Crippen LogP contribution in [0.15, 0.2) is 41.3 Å². The van der Waals surface area contributed by atoms with E-state index in [2.05, 4.69) is 38.1 Å². The maximum absolute atomic E-state index is 13.0. The number of sulfonamides is 1. The summed E-state index contributed by atoms with van der Waals surface area (Å²) in [6.45, 7) is 2.06. The van der Waals surface area contributed by atoms with E-state index in [0.717, 1.165) is 62.7 Å². The van der Waals surface area contributed by atoms with Crippen molar-refractivity contribution >= 4 is 10.0 Å². The molecule has 0 spiro atoms. The van der Waals surface area contributed by atoms with Crippen molar-refractivity contribution in [2.45, 2.75) is 61.8 Å². The summed E-state index contributed by atoms with van der Waals surface area (Å²) in [5, 5.41) is 23.7. The molecule has 2 fully saturated rings. The smallest absolute Gasteiger partial charge is 0.239 e. The third-order valence-corrected chi connectivity index (χ3v) is 8.56. The minimum absolute atomic E-state index is 0.0914. The van der Waals surface area contributed by atoms with Gasteiger partial charge in [0.25, 0.3) is 0 Å². The first-order valence-electron chi connectivity index (χ1n) is 12.4. The number of aromatic amines is 1. The summed E-state index contributed by atoms with van der Waals surface area (Å²) in [4.78, 5) is 0.0914. The molecule has 3 aromatic rings. The molecular formula is C25H33N7O2S. The maximum atomic E-state index is 13.0. The van der Waals surface area contributed by atoms with Crippen LogP contribution in [0.1, 0.15) is 55.6 Å². The highest BCUT2D eigenvalue weighted by Crippen LogP contribution is 2.39. The van der Waals surface area contributed by atoms with Crippen molar-refractivity contribution in [1.82, 2.24) is 25.9 Å². The number of hydrogen-bond donors (Lipinski definition) is 4. The Morgan fingerprint density at radius 2 is 1.66 bits per heavy atom. The van der Waals surface area contributed by atoms with Gasteiger partial charge in [-0.05, 0) is 97.3 Å². The van der Waals surface area contributed by atoms with Gasteiger partial charge in [0.15, 0.2) is 0 Å². The second-order valence-corrected chi connectivity index (χ2v) is 11.4. The molecule has 2 aliphatic rings. The number of benzene rings is 2. The van der Waals surface area contributed by atoms with Crippen molar-refractivity contribution in [3.63, 3.8) is 0 Å². The lowest BCUT2D eigenvalue weighted by Crippen LogP contribution is -2.27. The van der Waals surface area contributed by atoms with Gasteiger partial charge >= 0.3 is 0 Å². The van der Waals surface area contributed by atoms with Crippen LogP contribution in [0.2, 0.25) is 0 Å². The van der Waals surface area contributed by atoms with Crippen LogP contribution in [0.3, 0.4) is 0 Å². The normalized spacial score (nSPS) is 21.8. The Labute approximate surface area is 206 Å². The first-order valence-corrected chi connectivity index (χ1v) is 13.9. The van der Waals surface area contributed by atoms with Crippen LogP contribution < -0.4 is 16.2 Å². The molecule has 0 radical (unpaired) electrons. The fourth-order valence-electron chi connectivity index (χ4n) is 5.64. The van der Waals surface area contributed by atoms with E-state index in [-0.39, 0.29) is 16.8 Å². The molecular weight excluding hydrogens is 462 g/mol. The molecule has 0 atom stereocenters. The number of hydrogen-bond acceptors (Lipinski definition) is 7. The van der Waals surface area contributed by atoms with Crippen molar-refractivity contribution < 1.29 is 8.42 Å². The van der Waals surface area contributed by atoms with Crippen LogP contribution in [-0.4, -0.2) is 48.2 Å². The largest absolute Gasteiger partial charge is 0.328 e. The number of nitrogens with zero attached hydrogens (tertiary/aromatic N) is 3. The number of piperidine rings is 1. The molecule has 1 aliphatic carbocycles. The summed E-state index contributed by atoms with van der Waals surface area (Å²) in [6.07, 6.45) is 6.71. The number of primary sulfonamides is 1. The predicted octanol–water partition coefficient (Wildman–Crippen LogP) is 2.71. The topological polar surface area (TPSA) is 153 Å². The minimum Gasteiger partial charge on any atom is -0.328 e. The van der Waals surface area contributed by atoms with E-state index in [4.69, 9.17) is 10.9 Å². The summed E-state index contributed by atoms with van der Waals surface area (Å²) in [7, 11) is -4.06. The monoisotopic (exact) mass is 495 g/mol. The average molecular weight is 496 g/mol. The Kier molecular flexibility index (Phi) is 6.97. The molecule has 1 aliphatic heterocycles. The number of nitrogens with one attached hydrogen (secondary N) is 2. The zero-order chi connectivity index (χ0) is 24.4. The Hall–Kier alpha value is -2.66. The zero-order valence-corrected chi connectivity index (χ0v) is 20.6. The van der Waals surface area contributed by atoms with Crippen LogP contribution in [-0.2, 0) is 16.4 Å². The highest BCUT2D eigenvalue weighted by molar-refractivity contribution is 7.89. The van der Waals surface area contributed by atoms with Gasteiger partial charge in [0.2, 0.25) is 15.8 Å². The highest BCUT2D eigenvalue weighted by atomic mass is 32.2. The van der Waals surface area contributed by atoms with E-state index >= 15 is 0 Å². The fourth-order valence-corrected chi connectivity index (χ4v) is 6.64. The molecule has 0 unspecified atom stereocenters. The maximum Gasteiger partial charge on any atom is 0.239 e. The quantitative estimate of drug-likeness (QED) is 0.410. The summed E-state index contributed by atoms with van der Waals surface area (Å²) in [6, 6.07) is 12.5. The molecule has 6 N–H and O–H groups in total. The molecule has 1 saturated heterocycles. The molecule has 0 amide bonds. The molecule has 1 saturated carbocycles. The van der Waals surface area contributed by atoms with Crippen LogP contribution in [0.4, 0.5) is 0 Å². The lowest BCUT2D eigenvalue weighted by molar-refractivity contribution is 0.323. The number of H-pyrrole nitrogens is 1. The Morgan fingerprint density at radius 3 is 2.29 bits per heavy atom.